The van der Waals surface area contributed by atoms with E-state index in [4.69, 9.17) is 0 Å². The van der Waals surface area contributed by atoms with Crippen LogP contribution in [0.3, 0.4) is 0 Å². The van der Waals surface area contributed by atoms with Gasteiger partial charge in [0.15, 0.2) is 0 Å². The van der Waals surface area contributed by atoms with E-state index in [1.165, 1.54) is 5.56 Å². The molecule has 5 heteroatoms. The van der Waals surface area contributed by atoms with Crippen molar-refractivity contribution >= 4 is 11.7 Å². The number of benzene rings is 1. The molecule has 1 aromatic carbocycles. The van der Waals surface area contributed by atoms with Gasteiger partial charge in [-0.15, -0.1) is 0 Å². The molecular weight excluding hydrogens is 300 g/mol. The van der Waals surface area contributed by atoms with Crippen molar-refractivity contribution in [3.63, 3.8) is 0 Å². The minimum absolute atomic E-state index is 0.00904. The molecule has 0 bridgehead atoms. The Bertz CT molecular complexity index is 649. The number of carbonyl (C=O) groups excluding carboxylic acids is 1. The first-order valence-electron chi connectivity index (χ1n) is 8.61. The zero-order valence-corrected chi connectivity index (χ0v) is 14.1. The minimum atomic E-state index is -0.00904. The van der Waals surface area contributed by atoms with E-state index in [1.807, 2.05) is 23.1 Å². The summed E-state index contributed by atoms with van der Waals surface area (Å²) in [5, 5.41) is 3.25. The summed E-state index contributed by atoms with van der Waals surface area (Å²) in [4.78, 5) is 22.9. The van der Waals surface area contributed by atoms with Gasteiger partial charge in [0, 0.05) is 19.6 Å². The SMILES string of the molecule is CC1CCN(C(=O)c2cnc(NCCc3ccccc3)cn2)CC1. The number of likely N-dealkylation sites (tertiary alicyclic amines) is 1. The lowest BCUT2D eigenvalue weighted by molar-refractivity contribution is 0.0691. The maximum absolute atomic E-state index is 12.4. The third-order valence-corrected chi connectivity index (χ3v) is 4.50. The highest BCUT2D eigenvalue weighted by molar-refractivity contribution is 5.92. The normalized spacial score (nSPS) is 15.3. The number of anilines is 1. The van der Waals surface area contributed by atoms with Gasteiger partial charge in [0.05, 0.1) is 12.4 Å². The second kappa shape index (κ2) is 7.90. The number of nitrogens with zero attached hydrogens (tertiary/aromatic N) is 3. The summed E-state index contributed by atoms with van der Waals surface area (Å²) in [5.74, 6) is 1.40. The summed E-state index contributed by atoms with van der Waals surface area (Å²) < 4.78 is 0. The summed E-state index contributed by atoms with van der Waals surface area (Å²) >= 11 is 0. The van der Waals surface area contributed by atoms with Crippen molar-refractivity contribution in [3.05, 3.63) is 54.0 Å². The summed E-state index contributed by atoms with van der Waals surface area (Å²) in [5.41, 5.74) is 1.71. The van der Waals surface area contributed by atoms with Crippen LogP contribution in [0.15, 0.2) is 42.7 Å². The highest BCUT2D eigenvalue weighted by Gasteiger charge is 2.22. The smallest absolute Gasteiger partial charge is 0.274 e. The van der Waals surface area contributed by atoms with Gasteiger partial charge < -0.3 is 10.2 Å². The first kappa shape index (κ1) is 16.4. The van der Waals surface area contributed by atoms with Gasteiger partial charge in [-0.1, -0.05) is 37.3 Å². The van der Waals surface area contributed by atoms with Gasteiger partial charge in [-0.05, 0) is 30.7 Å². The zero-order chi connectivity index (χ0) is 16.8. The number of hydrogen-bond donors (Lipinski definition) is 1. The van der Waals surface area contributed by atoms with E-state index in [1.54, 1.807) is 12.4 Å². The fourth-order valence-corrected chi connectivity index (χ4v) is 2.88. The van der Waals surface area contributed by atoms with Crippen LogP contribution in [0.2, 0.25) is 0 Å². The molecule has 1 aromatic heterocycles. The van der Waals surface area contributed by atoms with Gasteiger partial charge in [0.25, 0.3) is 5.91 Å². The van der Waals surface area contributed by atoms with Crippen LogP contribution in [-0.4, -0.2) is 40.4 Å². The van der Waals surface area contributed by atoms with E-state index in [9.17, 15) is 4.79 Å². The van der Waals surface area contributed by atoms with Gasteiger partial charge in [0.2, 0.25) is 0 Å². The van der Waals surface area contributed by atoms with Crippen molar-refractivity contribution in [1.29, 1.82) is 0 Å². The van der Waals surface area contributed by atoms with E-state index >= 15 is 0 Å². The number of carbonyl (C=O) groups is 1. The quantitative estimate of drug-likeness (QED) is 0.918. The van der Waals surface area contributed by atoms with Crippen molar-refractivity contribution in [3.8, 4) is 0 Å². The number of hydrogen-bond acceptors (Lipinski definition) is 4. The Labute approximate surface area is 143 Å². The molecule has 1 amide bonds. The molecular formula is C19H24N4O. The number of nitrogens with one attached hydrogen (secondary N) is 1. The van der Waals surface area contributed by atoms with Crippen LogP contribution in [0.25, 0.3) is 0 Å². The van der Waals surface area contributed by atoms with Crippen LogP contribution in [-0.2, 0) is 6.42 Å². The lowest BCUT2D eigenvalue weighted by Crippen LogP contribution is -2.38. The monoisotopic (exact) mass is 324 g/mol. The zero-order valence-electron chi connectivity index (χ0n) is 14.1. The van der Waals surface area contributed by atoms with Gasteiger partial charge in [-0.3, -0.25) is 4.79 Å². The number of amides is 1. The molecule has 2 heterocycles. The Kier molecular flexibility index (Phi) is 5.41. The number of aromatic nitrogens is 2. The lowest BCUT2D eigenvalue weighted by Gasteiger charge is -2.29. The number of rotatable bonds is 5. The summed E-state index contributed by atoms with van der Waals surface area (Å²) in [6, 6.07) is 10.3. The van der Waals surface area contributed by atoms with E-state index in [0.29, 0.717) is 17.4 Å². The number of piperidine rings is 1. The second-order valence-corrected chi connectivity index (χ2v) is 6.42. The van der Waals surface area contributed by atoms with Crippen LogP contribution in [0, 0.1) is 5.92 Å². The molecule has 3 rings (SSSR count). The van der Waals surface area contributed by atoms with Crippen LogP contribution >= 0.6 is 0 Å². The molecule has 0 unspecified atom stereocenters. The largest absolute Gasteiger partial charge is 0.368 e. The molecule has 2 aromatic rings. The maximum Gasteiger partial charge on any atom is 0.274 e. The van der Waals surface area contributed by atoms with Crippen molar-refractivity contribution in [2.45, 2.75) is 26.2 Å². The third kappa shape index (κ3) is 4.31. The maximum atomic E-state index is 12.4. The molecule has 1 N–H and O–H groups in total. The lowest BCUT2D eigenvalue weighted by atomic mass is 9.99. The Balaban J connectivity index is 1.50. The van der Waals surface area contributed by atoms with Crippen molar-refractivity contribution in [2.24, 2.45) is 5.92 Å². The molecule has 5 nitrogen and oxygen atoms in total. The molecule has 0 spiro atoms. The molecule has 24 heavy (non-hydrogen) atoms. The Hall–Kier alpha value is -2.43. The average Bonchev–Trinajstić information content (AvgIpc) is 2.63. The molecule has 1 aliphatic heterocycles. The van der Waals surface area contributed by atoms with Gasteiger partial charge in [-0.2, -0.15) is 0 Å². The summed E-state index contributed by atoms with van der Waals surface area (Å²) in [6.45, 7) is 4.66. The van der Waals surface area contributed by atoms with Crippen LogP contribution in [0.4, 0.5) is 5.82 Å². The first-order valence-corrected chi connectivity index (χ1v) is 8.61. The highest BCUT2D eigenvalue weighted by Crippen LogP contribution is 2.17. The molecule has 126 valence electrons. The third-order valence-electron chi connectivity index (χ3n) is 4.50. The molecule has 1 aliphatic rings. The fraction of sp³-hybridized carbons (Fsp3) is 0.421. The van der Waals surface area contributed by atoms with Gasteiger partial charge in [0.1, 0.15) is 11.5 Å². The van der Waals surface area contributed by atoms with E-state index in [-0.39, 0.29) is 5.91 Å². The summed E-state index contributed by atoms with van der Waals surface area (Å²) in [6.07, 6.45) is 6.28. The minimum Gasteiger partial charge on any atom is -0.368 e. The fourth-order valence-electron chi connectivity index (χ4n) is 2.88. The standard InChI is InChI=1S/C19H24N4O/c1-15-8-11-23(12-9-15)19(24)17-13-22-18(14-21-17)20-10-7-16-5-3-2-4-6-16/h2-6,13-15H,7-12H2,1H3,(H,20,22). The van der Waals surface area contributed by atoms with E-state index < -0.39 is 0 Å². The van der Waals surface area contributed by atoms with Crippen molar-refractivity contribution < 1.29 is 4.79 Å². The highest BCUT2D eigenvalue weighted by atomic mass is 16.2. The van der Waals surface area contributed by atoms with Crippen LogP contribution in [0.5, 0.6) is 0 Å². The van der Waals surface area contributed by atoms with E-state index in [2.05, 4.69) is 34.3 Å². The Morgan fingerprint density at radius 3 is 2.58 bits per heavy atom. The molecule has 0 atom stereocenters. The topological polar surface area (TPSA) is 58.1 Å². The van der Waals surface area contributed by atoms with Crippen molar-refractivity contribution in [2.75, 3.05) is 25.0 Å². The van der Waals surface area contributed by atoms with Gasteiger partial charge >= 0.3 is 0 Å². The first-order chi connectivity index (χ1) is 11.7. The average molecular weight is 324 g/mol. The van der Waals surface area contributed by atoms with Crippen LogP contribution in [0.1, 0.15) is 35.8 Å². The summed E-state index contributed by atoms with van der Waals surface area (Å²) in [7, 11) is 0. The Morgan fingerprint density at radius 1 is 1.17 bits per heavy atom. The predicted molar refractivity (Wildman–Crippen MR) is 95.0 cm³/mol. The predicted octanol–water partition coefficient (Wildman–Crippen LogP) is 3.00. The van der Waals surface area contributed by atoms with E-state index in [0.717, 1.165) is 38.9 Å². The second-order valence-electron chi connectivity index (χ2n) is 6.42. The molecule has 0 saturated carbocycles. The molecule has 1 saturated heterocycles. The molecule has 1 fully saturated rings. The molecule has 0 radical (unpaired) electrons. The van der Waals surface area contributed by atoms with Gasteiger partial charge in [-0.25, -0.2) is 9.97 Å². The Morgan fingerprint density at radius 2 is 1.92 bits per heavy atom. The van der Waals surface area contributed by atoms with Crippen molar-refractivity contribution in [1.82, 2.24) is 14.9 Å². The van der Waals surface area contributed by atoms with Crippen LogP contribution < -0.4 is 5.32 Å². The molecule has 0 aliphatic carbocycles.